The van der Waals surface area contributed by atoms with Crippen LogP contribution in [0.1, 0.15) is 13.0 Å². The predicted molar refractivity (Wildman–Crippen MR) is 78.8 cm³/mol. The first-order valence-corrected chi connectivity index (χ1v) is 6.70. The van der Waals surface area contributed by atoms with Crippen LogP contribution >= 0.6 is 0 Å². The molecule has 1 atom stereocenters. The molecular weight excluding hydrogens is 287 g/mol. The average Bonchev–Trinajstić information content (AvgIpc) is 2.55. The van der Waals surface area contributed by atoms with E-state index < -0.39 is 17.5 Å². The first kappa shape index (κ1) is 14.3. The normalized spacial score (nSPS) is 12.5. The minimum absolute atomic E-state index is 0.120. The van der Waals surface area contributed by atoms with Gasteiger partial charge in [-0.15, -0.1) is 0 Å². The Balaban J connectivity index is 2.33. The van der Waals surface area contributed by atoms with Gasteiger partial charge in [0.25, 0.3) is 5.56 Å². The zero-order valence-electron chi connectivity index (χ0n) is 11.8. The number of hydrogen-bond acceptors (Lipinski definition) is 5. The first-order valence-electron chi connectivity index (χ1n) is 6.70. The Hall–Kier alpha value is -2.67. The maximum Gasteiger partial charge on any atom is 0.261 e. The molecule has 0 aliphatic heterocycles. The van der Waals surface area contributed by atoms with Crippen molar-refractivity contribution in [3.8, 4) is 11.3 Å². The van der Waals surface area contributed by atoms with Crippen molar-refractivity contribution in [2.75, 3.05) is 6.61 Å². The van der Waals surface area contributed by atoms with Crippen molar-refractivity contribution in [2.45, 2.75) is 13.0 Å². The summed E-state index contributed by atoms with van der Waals surface area (Å²) < 4.78 is 15.1. The fourth-order valence-electron chi connectivity index (χ4n) is 2.22. The molecule has 0 aliphatic rings. The Labute approximate surface area is 124 Å². The molecule has 3 aromatic heterocycles. The molecule has 0 aliphatic carbocycles. The van der Waals surface area contributed by atoms with Crippen LogP contribution in [-0.4, -0.2) is 31.2 Å². The number of aromatic nitrogens is 4. The molecule has 3 rings (SSSR count). The smallest absolute Gasteiger partial charge is 0.261 e. The van der Waals surface area contributed by atoms with E-state index in [9.17, 15) is 14.3 Å². The SMILES string of the molecule is C[C@@H](CO)n1cnc2c(-c3cccnc3)nc(F)cc2c1=O. The highest BCUT2D eigenvalue weighted by Crippen LogP contribution is 2.23. The van der Waals surface area contributed by atoms with E-state index in [0.717, 1.165) is 6.07 Å². The monoisotopic (exact) mass is 300 g/mol. The zero-order chi connectivity index (χ0) is 15.7. The predicted octanol–water partition coefficient (Wildman–Crippen LogP) is 1.55. The number of halogens is 1. The highest BCUT2D eigenvalue weighted by atomic mass is 19.1. The third kappa shape index (κ3) is 2.35. The van der Waals surface area contributed by atoms with Crippen molar-refractivity contribution in [3.05, 3.63) is 53.2 Å². The topological polar surface area (TPSA) is 80.9 Å². The molecule has 7 heteroatoms. The molecule has 22 heavy (non-hydrogen) atoms. The van der Waals surface area contributed by atoms with Crippen LogP contribution in [0.4, 0.5) is 4.39 Å². The lowest BCUT2D eigenvalue weighted by atomic mass is 10.1. The molecule has 0 unspecified atom stereocenters. The van der Waals surface area contributed by atoms with Gasteiger partial charge in [-0.05, 0) is 19.1 Å². The maximum atomic E-state index is 13.8. The fourth-order valence-corrected chi connectivity index (χ4v) is 2.22. The Morgan fingerprint density at radius 3 is 2.95 bits per heavy atom. The van der Waals surface area contributed by atoms with E-state index in [-0.39, 0.29) is 17.7 Å². The summed E-state index contributed by atoms with van der Waals surface area (Å²) in [7, 11) is 0. The van der Waals surface area contributed by atoms with Crippen molar-refractivity contribution in [1.29, 1.82) is 0 Å². The minimum atomic E-state index is -0.764. The molecule has 0 bridgehead atoms. The molecular formula is C15H13FN4O2. The second kappa shape index (κ2) is 5.61. The average molecular weight is 300 g/mol. The number of hydrogen-bond donors (Lipinski definition) is 1. The largest absolute Gasteiger partial charge is 0.394 e. The zero-order valence-corrected chi connectivity index (χ0v) is 11.8. The summed E-state index contributed by atoms with van der Waals surface area (Å²) in [6.07, 6.45) is 4.46. The quantitative estimate of drug-likeness (QED) is 0.742. The van der Waals surface area contributed by atoms with E-state index in [4.69, 9.17) is 0 Å². The third-order valence-corrected chi connectivity index (χ3v) is 3.41. The van der Waals surface area contributed by atoms with Gasteiger partial charge < -0.3 is 5.11 Å². The van der Waals surface area contributed by atoms with Gasteiger partial charge in [-0.25, -0.2) is 9.97 Å². The van der Waals surface area contributed by atoms with Gasteiger partial charge >= 0.3 is 0 Å². The lowest BCUT2D eigenvalue weighted by Gasteiger charge is -2.13. The van der Waals surface area contributed by atoms with Crippen LogP contribution in [0.25, 0.3) is 22.2 Å². The van der Waals surface area contributed by atoms with Gasteiger partial charge in [-0.1, -0.05) is 0 Å². The van der Waals surface area contributed by atoms with Gasteiger partial charge in [0.15, 0.2) is 0 Å². The van der Waals surface area contributed by atoms with E-state index in [1.54, 1.807) is 25.3 Å². The van der Waals surface area contributed by atoms with Crippen molar-refractivity contribution in [2.24, 2.45) is 0 Å². The number of pyridine rings is 2. The van der Waals surface area contributed by atoms with Crippen LogP contribution in [0.5, 0.6) is 0 Å². The van der Waals surface area contributed by atoms with Crippen LogP contribution in [0, 0.1) is 5.95 Å². The number of fused-ring (bicyclic) bond motifs is 1. The molecule has 0 saturated heterocycles. The summed E-state index contributed by atoms with van der Waals surface area (Å²) in [5.41, 5.74) is 0.731. The Bertz CT molecular complexity index is 880. The van der Waals surface area contributed by atoms with Crippen LogP contribution in [-0.2, 0) is 0 Å². The lowest BCUT2D eigenvalue weighted by molar-refractivity contribution is 0.236. The van der Waals surface area contributed by atoms with Gasteiger partial charge in [0, 0.05) is 24.0 Å². The van der Waals surface area contributed by atoms with Crippen LogP contribution in [0.3, 0.4) is 0 Å². The van der Waals surface area contributed by atoms with E-state index >= 15 is 0 Å². The molecule has 0 radical (unpaired) electrons. The van der Waals surface area contributed by atoms with Crippen LogP contribution < -0.4 is 5.56 Å². The highest BCUT2D eigenvalue weighted by molar-refractivity contribution is 5.90. The van der Waals surface area contributed by atoms with E-state index in [0.29, 0.717) is 11.1 Å². The van der Waals surface area contributed by atoms with Gasteiger partial charge in [0.05, 0.1) is 24.4 Å². The Kier molecular flexibility index (Phi) is 3.64. The standard InChI is InChI=1S/C15H13FN4O2/c1-9(7-21)20-8-18-14-11(15(20)22)5-12(16)19-13(14)10-3-2-4-17-6-10/h2-6,8-9,21H,7H2,1H3/t9-/m0/s1. The summed E-state index contributed by atoms with van der Waals surface area (Å²) in [4.78, 5) is 24.5. The minimum Gasteiger partial charge on any atom is -0.394 e. The molecule has 0 fully saturated rings. The second-order valence-corrected chi connectivity index (χ2v) is 4.92. The van der Waals surface area contributed by atoms with E-state index in [1.807, 2.05) is 0 Å². The number of rotatable bonds is 3. The van der Waals surface area contributed by atoms with Crippen molar-refractivity contribution < 1.29 is 9.50 Å². The van der Waals surface area contributed by atoms with Gasteiger partial charge in [-0.3, -0.25) is 14.3 Å². The van der Waals surface area contributed by atoms with Crippen molar-refractivity contribution in [3.63, 3.8) is 0 Å². The molecule has 3 heterocycles. The third-order valence-electron chi connectivity index (χ3n) is 3.41. The van der Waals surface area contributed by atoms with Gasteiger partial charge in [0.2, 0.25) is 5.95 Å². The summed E-state index contributed by atoms with van der Waals surface area (Å²) >= 11 is 0. The molecule has 6 nitrogen and oxygen atoms in total. The molecule has 112 valence electrons. The van der Waals surface area contributed by atoms with E-state index in [2.05, 4.69) is 15.0 Å². The second-order valence-electron chi connectivity index (χ2n) is 4.92. The number of nitrogens with zero attached hydrogens (tertiary/aromatic N) is 4. The summed E-state index contributed by atoms with van der Waals surface area (Å²) in [5.74, 6) is -0.764. The molecule has 3 aromatic rings. The molecule has 0 aromatic carbocycles. The summed E-state index contributed by atoms with van der Waals surface area (Å²) in [6.45, 7) is 1.46. The molecule has 1 N–H and O–H groups in total. The Morgan fingerprint density at radius 2 is 2.27 bits per heavy atom. The number of aliphatic hydroxyl groups excluding tert-OH is 1. The van der Waals surface area contributed by atoms with Crippen molar-refractivity contribution >= 4 is 10.9 Å². The highest BCUT2D eigenvalue weighted by Gasteiger charge is 2.15. The number of aliphatic hydroxyl groups is 1. The summed E-state index contributed by atoms with van der Waals surface area (Å²) in [5, 5.41) is 9.31. The first-order chi connectivity index (χ1) is 10.6. The lowest BCUT2D eigenvalue weighted by Crippen LogP contribution is -2.26. The fraction of sp³-hybridized carbons (Fsp3) is 0.200. The molecule has 0 spiro atoms. The van der Waals surface area contributed by atoms with Crippen molar-refractivity contribution in [1.82, 2.24) is 19.5 Å². The molecule has 0 amide bonds. The maximum absolute atomic E-state index is 13.8. The van der Waals surface area contributed by atoms with E-state index in [1.165, 1.54) is 17.1 Å². The Morgan fingerprint density at radius 1 is 1.45 bits per heavy atom. The van der Waals surface area contributed by atoms with Gasteiger partial charge in [0.1, 0.15) is 11.2 Å². The summed E-state index contributed by atoms with van der Waals surface area (Å²) in [6, 6.07) is 4.04. The van der Waals surface area contributed by atoms with Gasteiger partial charge in [-0.2, -0.15) is 4.39 Å². The van der Waals surface area contributed by atoms with Crippen LogP contribution in [0.15, 0.2) is 41.7 Å². The molecule has 0 saturated carbocycles. The van der Waals surface area contributed by atoms with Crippen LogP contribution in [0.2, 0.25) is 0 Å².